The van der Waals surface area contributed by atoms with Gasteiger partial charge in [0.15, 0.2) is 17.4 Å². The van der Waals surface area contributed by atoms with Crippen LogP contribution in [0.3, 0.4) is 0 Å². The molecule has 1 aliphatic carbocycles. The van der Waals surface area contributed by atoms with Crippen molar-refractivity contribution in [3.63, 3.8) is 0 Å². The third kappa shape index (κ3) is 2.85. The molecule has 0 radical (unpaired) electrons. The van der Waals surface area contributed by atoms with Crippen molar-refractivity contribution in [3.05, 3.63) is 76.0 Å². The van der Waals surface area contributed by atoms with Crippen LogP contribution in [0.2, 0.25) is 0 Å². The zero-order valence-corrected chi connectivity index (χ0v) is 14.7. The summed E-state index contributed by atoms with van der Waals surface area (Å²) >= 11 is 0. The summed E-state index contributed by atoms with van der Waals surface area (Å²) in [5.74, 6) is -1.83. The summed E-state index contributed by atoms with van der Waals surface area (Å²) in [5.41, 5.74) is 2.14. The summed E-state index contributed by atoms with van der Waals surface area (Å²) in [6.45, 7) is 4.10. The third-order valence-corrected chi connectivity index (χ3v) is 4.68. The van der Waals surface area contributed by atoms with Crippen molar-refractivity contribution in [1.82, 2.24) is 0 Å². The molecular weight excluding hydrogens is 350 g/mol. The monoisotopic (exact) mass is 366 g/mol. The highest BCUT2D eigenvalue weighted by Gasteiger charge is 2.21. The predicted octanol–water partition coefficient (Wildman–Crippen LogP) is 5.67. The standard InChI is InChI=1S/C22H16F2O3/c1-11(2)12-4-3-5-13(6-12)22-14-7-16(23)18(25)9-20(14)27-21-10-19(26)17(24)8-15(21)22/h3-11,25H,1-2H3. The van der Waals surface area contributed by atoms with Gasteiger partial charge >= 0.3 is 0 Å². The Kier molecular flexibility index (Phi) is 3.95. The topological polar surface area (TPSA) is 50.4 Å². The zero-order chi connectivity index (χ0) is 19.3. The van der Waals surface area contributed by atoms with Crippen LogP contribution < -0.4 is 5.43 Å². The van der Waals surface area contributed by atoms with E-state index in [1.54, 1.807) is 0 Å². The number of phenolic OH excluding ortho intramolecular Hbond substituents is 1. The average Bonchev–Trinajstić information content (AvgIpc) is 2.63. The SMILES string of the molecule is CC(C)c1cccc(-c2c3cc(F)c(=O)cc-3oc3cc(O)c(F)cc23)c1. The van der Waals surface area contributed by atoms with Crippen LogP contribution in [0.4, 0.5) is 8.78 Å². The minimum Gasteiger partial charge on any atom is -0.505 e. The Labute approximate surface area is 153 Å². The molecule has 0 saturated heterocycles. The Morgan fingerprint density at radius 2 is 1.78 bits per heavy atom. The lowest BCUT2D eigenvalue weighted by atomic mass is 9.91. The highest BCUT2D eigenvalue weighted by atomic mass is 19.1. The van der Waals surface area contributed by atoms with E-state index in [4.69, 9.17) is 4.42 Å². The second-order valence-electron chi connectivity index (χ2n) is 6.84. The summed E-state index contributed by atoms with van der Waals surface area (Å²) < 4.78 is 33.8. The average molecular weight is 366 g/mol. The molecule has 0 spiro atoms. The molecule has 0 bridgehead atoms. The Morgan fingerprint density at radius 3 is 2.52 bits per heavy atom. The van der Waals surface area contributed by atoms with Crippen molar-refractivity contribution in [2.45, 2.75) is 19.8 Å². The molecule has 27 heavy (non-hydrogen) atoms. The molecule has 1 heterocycles. The molecule has 2 aromatic rings. The van der Waals surface area contributed by atoms with Gasteiger partial charge in [-0.1, -0.05) is 38.1 Å². The van der Waals surface area contributed by atoms with Gasteiger partial charge in [-0.05, 0) is 29.2 Å². The van der Waals surface area contributed by atoms with Crippen molar-refractivity contribution in [2.24, 2.45) is 0 Å². The van der Waals surface area contributed by atoms with Gasteiger partial charge in [0.25, 0.3) is 0 Å². The van der Waals surface area contributed by atoms with Gasteiger partial charge in [-0.2, -0.15) is 0 Å². The quantitative estimate of drug-likeness (QED) is 0.465. The zero-order valence-electron chi connectivity index (χ0n) is 14.7. The number of hydrogen-bond donors (Lipinski definition) is 1. The Morgan fingerprint density at radius 1 is 1.00 bits per heavy atom. The number of hydrogen-bond acceptors (Lipinski definition) is 3. The van der Waals surface area contributed by atoms with Crippen LogP contribution in [0.15, 0.2) is 57.7 Å². The van der Waals surface area contributed by atoms with Gasteiger partial charge in [0.05, 0.1) is 0 Å². The first-order valence-electron chi connectivity index (χ1n) is 8.54. The van der Waals surface area contributed by atoms with Crippen LogP contribution in [0.5, 0.6) is 5.75 Å². The van der Waals surface area contributed by atoms with E-state index in [0.717, 1.165) is 35.4 Å². The number of phenols is 1. The molecular formula is C22H16F2O3. The molecule has 0 unspecified atom stereocenters. The molecule has 0 saturated carbocycles. The van der Waals surface area contributed by atoms with E-state index in [1.807, 2.05) is 24.3 Å². The summed E-state index contributed by atoms with van der Waals surface area (Å²) in [5, 5.41) is 10.1. The lowest BCUT2D eigenvalue weighted by Gasteiger charge is -2.17. The second kappa shape index (κ2) is 6.20. The highest BCUT2D eigenvalue weighted by molar-refractivity contribution is 6.02. The normalized spacial score (nSPS) is 11.6. The van der Waals surface area contributed by atoms with Crippen LogP contribution in [-0.2, 0) is 0 Å². The van der Waals surface area contributed by atoms with Gasteiger partial charge in [-0.25, -0.2) is 8.78 Å². The fraction of sp³-hybridized carbons (Fsp3) is 0.136. The van der Waals surface area contributed by atoms with E-state index in [9.17, 15) is 18.7 Å². The maximum Gasteiger partial charge on any atom is 0.217 e. The van der Waals surface area contributed by atoms with E-state index < -0.39 is 22.8 Å². The molecule has 1 aliphatic heterocycles. The van der Waals surface area contributed by atoms with Crippen LogP contribution in [0.1, 0.15) is 25.3 Å². The highest BCUT2D eigenvalue weighted by Crippen LogP contribution is 2.42. The number of halogens is 2. The first-order valence-corrected chi connectivity index (χ1v) is 8.54. The molecule has 5 heteroatoms. The first-order chi connectivity index (χ1) is 12.8. The van der Waals surface area contributed by atoms with Crippen molar-refractivity contribution in [2.75, 3.05) is 0 Å². The lowest BCUT2D eigenvalue weighted by Crippen LogP contribution is -2.06. The van der Waals surface area contributed by atoms with Gasteiger partial charge in [0.1, 0.15) is 11.3 Å². The van der Waals surface area contributed by atoms with Crippen LogP contribution in [0, 0.1) is 11.6 Å². The molecule has 2 aromatic carbocycles. The van der Waals surface area contributed by atoms with Gasteiger partial charge < -0.3 is 9.52 Å². The lowest BCUT2D eigenvalue weighted by molar-refractivity contribution is 0.432. The smallest absolute Gasteiger partial charge is 0.217 e. The summed E-state index contributed by atoms with van der Waals surface area (Å²) in [4.78, 5) is 11.7. The Balaban J connectivity index is 2.18. The first kappa shape index (κ1) is 17.2. The summed E-state index contributed by atoms with van der Waals surface area (Å²) in [7, 11) is 0. The van der Waals surface area contributed by atoms with Crippen molar-refractivity contribution >= 4 is 11.0 Å². The molecule has 0 amide bonds. The van der Waals surface area contributed by atoms with Gasteiger partial charge in [-0.15, -0.1) is 0 Å². The largest absolute Gasteiger partial charge is 0.505 e. The van der Waals surface area contributed by atoms with Crippen molar-refractivity contribution < 1.29 is 18.3 Å². The fourth-order valence-corrected chi connectivity index (χ4v) is 3.26. The molecule has 0 aromatic heterocycles. The van der Waals surface area contributed by atoms with E-state index in [2.05, 4.69) is 13.8 Å². The third-order valence-electron chi connectivity index (χ3n) is 4.68. The van der Waals surface area contributed by atoms with Gasteiger partial charge in [0.2, 0.25) is 5.43 Å². The Bertz CT molecular complexity index is 1210. The minimum atomic E-state index is -0.905. The van der Waals surface area contributed by atoms with Gasteiger partial charge in [-0.3, -0.25) is 4.79 Å². The maximum absolute atomic E-state index is 14.1. The maximum atomic E-state index is 14.1. The van der Waals surface area contributed by atoms with Crippen molar-refractivity contribution in [3.8, 4) is 28.2 Å². The predicted molar refractivity (Wildman–Crippen MR) is 100 cm³/mol. The fourth-order valence-electron chi connectivity index (χ4n) is 3.26. The number of benzene rings is 3. The van der Waals surface area contributed by atoms with Crippen LogP contribution >= 0.6 is 0 Å². The molecule has 4 rings (SSSR count). The van der Waals surface area contributed by atoms with E-state index in [0.29, 0.717) is 16.5 Å². The number of aromatic hydroxyl groups is 1. The summed E-state index contributed by atoms with van der Waals surface area (Å²) in [6, 6.07) is 12.2. The van der Waals surface area contributed by atoms with Crippen LogP contribution in [0.25, 0.3) is 33.4 Å². The number of rotatable bonds is 2. The number of fused-ring (bicyclic) bond motifs is 2. The molecule has 2 aliphatic rings. The van der Waals surface area contributed by atoms with Crippen molar-refractivity contribution in [1.29, 1.82) is 0 Å². The van der Waals surface area contributed by atoms with E-state index >= 15 is 0 Å². The summed E-state index contributed by atoms with van der Waals surface area (Å²) in [6.07, 6.45) is 0. The molecule has 136 valence electrons. The van der Waals surface area contributed by atoms with Gasteiger partial charge in [0, 0.05) is 28.6 Å². The minimum absolute atomic E-state index is 0.171. The van der Waals surface area contributed by atoms with E-state index in [1.165, 1.54) is 0 Å². The Hall–Kier alpha value is -3.21. The molecule has 3 nitrogen and oxygen atoms in total. The van der Waals surface area contributed by atoms with E-state index in [-0.39, 0.29) is 17.3 Å². The second-order valence-corrected chi connectivity index (χ2v) is 6.84. The molecule has 1 N–H and O–H groups in total. The molecule has 0 atom stereocenters. The van der Waals surface area contributed by atoms with Crippen LogP contribution in [-0.4, -0.2) is 5.11 Å². The molecule has 0 fully saturated rings.